The first-order chi connectivity index (χ1) is 15.5. The highest BCUT2D eigenvalue weighted by molar-refractivity contribution is 5.69. The van der Waals surface area contributed by atoms with Crippen LogP contribution in [0.2, 0.25) is 0 Å². The molecule has 0 spiro atoms. The van der Waals surface area contributed by atoms with E-state index in [9.17, 15) is 9.59 Å². The third kappa shape index (κ3) is 4.24. The molecule has 188 valence electrons. The van der Waals surface area contributed by atoms with E-state index in [2.05, 4.69) is 20.8 Å². The number of carbonyl (C=O) groups excluding carboxylic acids is 2. The molecule has 4 fully saturated rings. The number of fused-ring (bicyclic) bond motifs is 5. The van der Waals surface area contributed by atoms with Crippen LogP contribution in [0.25, 0.3) is 0 Å². The molecule has 4 aliphatic rings. The number of hydrogen-bond donors (Lipinski definition) is 0. The van der Waals surface area contributed by atoms with Gasteiger partial charge < -0.3 is 9.47 Å². The molecule has 4 rings (SSSR count). The Hall–Kier alpha value is -1.13. The lowest BCUT2D eigenvalue weighted by molar-refractivity contribution is -0.194. The molecule has 0 aromatic carbocycles. The third-order valence-corrected chi connectivity index (χ3v) is 11.1. The van der Waals surface area contributed by atoms with Crippen molar-refractivity contribution in [2.75, 3.05) is 7.11 Å². The van der Waals surface area contributed by atoms with Gasteiger partial charge in [-0.1, -0.05) is 20.8 Å². The maximum absolute atomic E-state index is 16.5. The van der Waals surface area contributed by atoms with Gasteiger partial charge in [-0.2, -0.15) is 0 Å². The van der Waals surface area contributed by atoms with E-state index >= 15 is 4.39 Å². The summed E-state index contributed by atoms with van der Waals surface area (Å²) in [5, 5.41) is 0. The molecule has 0 radical (unpaired) electrons. The smallest absolute Gasteiger partial charge is 0.305 e. The second kappa shape index (κ2) is 9.15. The van der Waals surface area contributed by atoms with Crippen LogP contribution >= 0.6 is 0 Å². The molecule has 0 aromatic rings. The Morgan fingerprint density at radius 1 is 1.03 bits per heavy atom. The molecule has 0 aromatic heterocycles. The van der Waals surface area contributed by atoms with Gasteiger partial charge in [0.1, 0.15) is 11.8 Å². The molecule has 9 atom stereocenters. The van der Waals surface area contributed by atoms with Crippen LogP contribution in [0.5, 0.6) is 0 Å². The maximum Gasteiger partial charge on any atom is 0.305 e. The normalized spacial score (nSPS) is 45.3. The van der Waals surface area contributed by atoms with Crippen molar-refractivity contribution in [2.24, 2.45) is 40.4 Å². The van der Waals surface area contributed by atoms with Gasteiger partial charge in [-0.3, -0.25) is 9.59 Å². The minimum absolute atomic E-state index is 0.105. The number of alkyl halides is 1. The van der Waals surface area contributed by atoms with Crippen molar-refractivity contribution in [1.29, 1.82) is 0 Å². The Labute approximate surface area is 199 Å². The first-order valence-corrected chi connectivity index (χ1v) is 13.5. The Balaban J connectivity index is 1.45. The van der Waals surface area contributed by atoms with E-state index in [0.717, 1.165) is 38.5 Å². The highest BCUT2D eigenvalue weighted by Gasteiger charge is 2.65. The van der Waals surface area contributed by atoms with Crippen LogP contribution in [0.1, 0.15) is 105 Å². The fourth-order valence-corrected chi connectivity index (χ4v) is 9.34. The summed E-state index contributed by atoms with van der Waals surface area (Å²) >= 11 is 0. The molecule has 33 heavy (non-hydrogen) atoms. The summed E-state index contributed by atoms with van der Waals surface area (Å²) in [5.41, 5.74) is -1.16. The Morgan fingerprint density at radius 2 is 1.79 bits per heavy atom. The van der Waals surface area contributed by atoms with E-state index in [1.165, 1.54) is 33.3 Å². The van der Waals surface area contributed by atoms with Gasteiger partial charge in [-0.15, -0.1) is 0 Å². The average molecular weight is 465 g/mol. The van der Waals surface area contributed by atoms with Crippen LogP contribution in [0.4, 0.5) is 4.39 Å². The summed E-state index contributed by atoms with van der Waals surface area (Å²) < 4.78 is 26.8. The largest absolute Gasteiger partial charge is 0.469 e. The molecule has 0 aliphatic heterocycles. The second-order valence-corrected chi connectivity index (χ2v) is 12.4. The summed E-state index contributed by atoms with van der Waals surface area (Å²) in [6, 6.07) is 0. The molecule has 0 saturated heterocycles. The number of carbonyl (C=O) groups is 2. The number of halogens is 1. The first kappa shape index (κ1) is 25.0. The van der Waals surface area contributed by atoms with Crippen LogP contribution in [0.3, 0.4) is 0 Å². The average Bonchev–Trinajstić information content (AvgIpc) is 3.11. The van der Waals surface area contributed by atoms with Crippen molar-refractivity contribution in [1.82, 2.24) is 0 Å². The van der Waals surface area contributed by atoms with E-state index in [0.29, 0.717) is 54.3 Å². The molecule has 4 saturated carbocycles. The van der Waals surface area contributed by atoms with E-state index in [-0.39, 0.29) is 23.5 Å². The van der Waals surface area contributed by atoms with Crippen LogP contribution in [-0.4, -0.2) is 30.8 Å². The quantitative estimate of drug-likeness (QED) is 0.413. The second-order valence-electron chi connectivity index (χ2n) is 12.4. The fourth-order valence-electron chi connectivity index (χ4n) is 9.34. The van der Waals surface area contributed by atoms with Crippen LogP contribution in [-0.2, 0) is 19.1 Å². The number of rotatable bonds is 6. The van der Waals surface area contributed by atoms with Crippen molar-refractivity contribution < 1.29 is 23.5 Å². The van der Waals surface area contributed by atoms with E-state index in [1.807, 2.05) is 0 Å². The molecule has 0 heterocycles. The van der Waals surface area contributed by atoms with Crippen molar-refractivity contribution in [3.05, 3.63) is 0 Å². The predicted molar refractivity (Wildman–Crippen MR) is 126 cm³/mol. The lowest BCUT2D eigenvalue weighted by atomic mass is 9.43. The molecular weight excluding hydrogens is 419 g/mol. The molecule has 5 heteroatoms. The summed E-state index contributed by atoms with van der Waals surface area (Å²) in [5.74, 6) is 2.68. The molecular formula is C28H45FO4. The lowest BCUT2D eigenvalue weighted by Crippen LogP contribution is -2.61. The van der Waals surface area contributed by atoms with Gasteiger partial charge in [-0.25, -0.2) is 4.39 Å². The Kier molecular flexibility index (Phi) is 6.92. The summed E-state index contributed by atoms with van der Waals surface area (Å²) in [4.78, 5) is 23.0. The molecule has 0 N–H and O–H groups in total. The molecule has 0 amide bonds. The van der Waals surface area contributed by atoms with E-state index in [4.69, 9.17) is 9.47 Å². The monoisotopic (exact) mass is 464 g/mol. The standard InChI is InChI=1S/C28H45FO4/c1-18(7-6-8-25(31)32-5)22-9-10-23-21-12-16-28(29)17-20(33-19(2)30)11-15-27(28,4)24(21)13-14-26(22,23)3/h18,20-24H,6-17H2,1-5H3/t18-,20+,21+,22-,23+,24+,26-,27-,28?/m1/s1. The molecule has 1 unspecified atom stereocenters. The summed E-state index contributed by atoms with van der Waals surface area (Å²) in [6.07, 6.45) is 10.7. The van der Waals surface area contributed by atoms with E-state index < -0.39 is 5.67 Å². The van der Waals surface area contributed by atoms with Crippen molar-refractivity contribution >= 4 is 11.9 Å². The Bertz CT molecular complexity index is 754. The lowest BCUT2D eigenvalue weighted by Gasteiger charge is -2.63. The number of hydrogen-bond acceptors (Lipinski definition) is 4. The minimum atomic E-state index is -1.21. The third-order valence-electron chi connectivity index (χ3n) is 11.1. The fraction of sp³-hybridized carbons (Fsp3) is 0.929. The van der Waals surface area contributed by atoms with E-state index in [1.54, 1.807) is 0 Å². The van der Waals surface area contributed by atoms with Gasteiger partial charge in [0.05, 0.1) is 7.11 Å². The summed E-state index contributed by atoms with van der Waals surface area (Å²) in [7, 11) is 1.46. The summed E-state index contributed by atoms with van der Waals surface area (Å²) in [6.45, 7) is 8.56. The van der Waals surface area contributed by atoms with Crippen molar-refractivity contribution in [2.45, 2.75) is 117 Å². The van der Waals surface area contributed by atoms with Gasteiger partial charge in [0.2, 0.25) is 0 Å². The zero-order valence-corrected chi connectivity index (χ0v) is 21.5. The highest BCUT2D eigenvalue weighted by Crippen LogP contribution is 2.70. The van der Waals surface area contributed by atoms with Crippen molar-refractivity contribution in [3.8, 4) is 0 Å². The number of ether oxygens (including phenoxy) is 2. The molecule has 4 nitrogen and oxygen atoms in total. The van der Waals surface area contributed by atoms with Gasteiger partial charge in [-0.05, 0) is 99.2 Å². The van der Waals surface area contributed by atoms with Crippen LogP contribution in [0, 0.1) is 40.4 Å². The zero-order valence-electron chi connectivity index (χ0n) is 21.5. The van der Waals surface area contributed by atoms with Crippen LogP contribution in [0.15, 0.2) is 0 Å². The van der Waals surface area contributed by atoms with Crippen molar-refractivity contribution in [3.63, 3.8) is 0 Å². The molecule has 0 bridgehead atoms. The zero-order chi connectivity index (χ0) is 24.0. The highest BCUT2D eigenvalue weighted by atomic mass is 19.1. The van der Waals surface area contributed by atoms with Crippen LogP contribution < -0.4 is 0 Å². The topological polar surface area (TPSA) is 52.6 Å². The van der Waals surface area contributed by atoms with Gasteiger partial charge >= 0.3 is 11.9 Å². The Morgan fingerprint density at radius 3 is 2.48 bits per heavy atom. The van der Waals surface area contributed by atoms with Gasteiger partial charge in [0.15, 0.2) is 0 Å². The number of esters is 2. The predicted octanol–water partition coefficient (Wildman–Crippen LogP) is 6.65. The van der Waals surface area contributed by atoms with Gasteiger partial charge in [0.25, 0.3) is 0 Å². The minimum Gasteiger partial charge on any atom is -0.469 e. The SMILES string of the molecule is COC(=O)CCC[C@@H](C)[C@H]1CC[C@H]2[C@@H]3CCC4(F)C[C@@H](OC(C)=O)CC[C@]4(C)[C@H]3CC[C@]12C. The number of methoxy groups -OCH3 is 1. The van der Waals surface area contributed by atoms with Gasteiger partial charge in [0, 0.05) is 25.2 Å². The maximum atomic E-state index is 16.5. The first-order valence-electron chi connectivity index (χ1n) is 13.5. The molecule has 4 aliphatic carbocycles.